The highest BCUT2D eigenvalue weighted by Gasteiger charge is 2.30. The van der Waals surface area contributed by atoms with E-state index in [1.54, 1.807) is 11.8 Å². The maximum Gasteiger partial charge on any atom is 0.322 e. The summed E-state index contributed by atoms with van der Waals surface area (Å²) in [6.07, 6.45) is 7.01. The fourth-order valence-corrected chi connectivity index (χ4v) is 5.74. The van der Waals surface area contributed by atoms with Crippen LogP contribution in [-0.2, 0) is 9.53 Å². The van der Waals surface area contributed by atoms with E-state index in [1.807, 2.05) is 19.1 Å². The summed E-state index contributed by atoms with van der Waals surface area (Å²) in [6.45, 7) is 4.54. The number of carbonyl (C=O) groups is 1. The van der Waals surface area contributed by atoms with Crippen molar-refractivity contribution in [3.63, 3.8) is 0 Å². The summed E-state index contributed by atoms with van der Waals surface area (Å²) in [7, 11) is 0. The Balaban J connectivity index is 1.66. The van der Waals surface area contributed by atoms with Gasteiger partial charge in [-0.2, -0.15) is 0 Å². The first-order valence-electron chi connectivity index (χ1n) is 11.1. The van der Waals surface area contributed by atoms with Crippen LogP contribution in [0.15, 0.2) is 27.5 Å². The smallest absolute Gasteiger partial charge is 0.322 e. The van der Waals surface area contributed by atoms with Crippen LogP contribution >= 0.6 is 69.2 Å². The van der Waals surface area contributed by atoms with E-state index >= 15 is 4.39 Å². The first-order chi connectivity index (χ1) is 15.3. The Kier molecular flexibility index (Phi) is 10.1. The summed E-state index contributed by atoms with van der Waals surface area (Å²) < 4.78 is 26.4. The number of halogens is 3. The van der Waals surface area contributed by atoms with Crippen molar-refractivity contribution >= 4 is 86.1 Å². The van der Waals surface area contributed by atoms with E-state index in [2.05, 4.69) is 58.2 Å². The van der Waals surface area contributed by atoms with Gasteiger partial charge in [0.25, 0.3) is 0 Å². The number of alkyl halides is 2. The number of esters is 1. The van der Waals surface area contributed by atoms with Gasteiger partial charge >= 0.3 is 5.97 Å². The van der Waals surface area contributed by atoms with Gasteiger partial charge in [-0.15, -0.1) is 11.8 Å². The quantitative estimate of drug-likeness (QED) is 0.0585. The third-order valence-electron chi connectivity index (χ3n) is 5.97. The first-order valence-corrected chi connectivity index (χ1v) is 15.0. The van der Waals surface area contributed by atoms with Crippen molar-refractivity contribution in [3.05, 3.63) is 34.3 Å². The van der Waals surface area contributed by atoms with Gasteiger partial charge < -0.3 is 9.15 Å². The second-order valence-electron chi connectivity index (χ2n) is 8.49. The molecular weight excluding hydrogens is 673 g/mol. The molecule has 0 radical (unpaired) electrons. The Bertz CT molecular complexity index is 1000. The zero-order valence-corrected chi connectivity index (χ0v) is 24.4. The molecular formula is C24H29FI2O3S2. The molecule has 1 aromatic heterocycles. The molecule has 3 nitrogen and oxygen atoms in total. The molecule has 1 aliphatic rings. The molecule has 1 fully saturated rings. The average Bonchev–Trinajstić information content (AvgIpc) is 2.74. The van der Waals surface area contributed by atoms with Gasteiger partial charge in [0.1, 0.15) is 9.00 Å². The molecule has 0 bridgehead atoms. The van der Waals surface area contributed by atoms with Crippen LogP contribution in [0.3, 0.4) is 0 Å². The van der Waals surface area contributed by atoms with Gasteiger partial charge in [0.05, 0.1) is 6.61 Å². The average molecular weight is 702 g/mol. The maximum absolute atomic E-state index is 15.0. The molecule has 32 heavy (non-hydrogen) atoms. The standard InChI is InChI=1S/C24H29FI2O3S2/c1-3-16(10-4-5-13-29-23(28)24(2,27)14-26)32-18-12-7-11-17-20(18)19(15-8-6-9-15)21(25)22(31)30-17/h7,11-12,15-16H,3-6,8-10,13-14H2,1-2H3. The molecule has 1 saturated carbocycles. The van der Waals surface area contributed by atoms with Crippen molar-refractivity contribution in [2.24, 2.45) is 0 Å². The lowest BCUT2D eigenvalue weighted by atomic mass is 9.79. The van der Waals surface area contributed by atoms with Crippen molar-refractivity contribution in [2.75, 3.05) is 11.0 Å². The van der Waals surface area contributed by atoms with Crippen molar-refractivity contribution < 1.29 is 18.3 Å². The molecule has 0 saturated heterocycles. The number of ether oxygens (including phenoxy) is 1. The predicted octanol–water partition coefficient (Wildman–Crippen LogP) is 8.78. The van der Waals surface area contributed by atoms with Crippen molar-refractivity contribution in [1.82, 2.24) is 0 Å². The van der Waals surface area contributed by atoms with Crippen LogP contribution in [0.2, 0.25) is 0 Å². The first kappa shape index (κ1) is 26.7. The highest BCUT2D eigenvalue weighted by Crippen LogP contribution is 2.45. The van der Waals surface area contributed by atoms with Gasteiger partial charge in [-0.1, -0.05) is 64.6 Å². The molecule has 1 aliphatic carbocycles. The Morgan fingerprint density at radius 3 is 2.78 bits per heavy atom. The number of fused-ring (bicyclic) bond motifs is 1. The lowest BCUT2D eigenvalue weighted by molar-refractivity contribution is -0.144. The molecule has 0 spiro atoms. The molecule has 2 unspecified atom stereocenters. The third-order valence-corrected chi connectivity index (χ3v) is 11.5. The van der Waals surface area contributed by atoms with Crippen molar-refractivity contribution in [2.45, 2.75) is 78.3 Å². The van der Waals surface area contributed by atoms with E-state index in [0.717, 1.165) is 65.2 Å². The van der Waals surface area contributed by atoms with Gasteiger partial charge in [0.15, 0.2) is 5.82 Å². The largest absolute Gasteiger partial charge is 0.465 e. The van der Waals surface area contributed by atoms with E-state index < -0.39 is 3.42 Å². The topological polar surface area (TPSA) is 39.4 Å². The Hall–Kier alpha value is 0.0600. The number of thioether (sulfide) groups is 1. The minimum atomic E-state index is -0.460. The fraction of sp³-hybridized carbons (Fsp3) is 0.583. The van der Waals surface area contributed by atoms with Crippen LogP contribution in [-0.4, -0.2) is 25.7 Å². The summed E-state index contributed by atoms with van der Waals surface area (Å²) in [5.74, 6) is -0.257. The molecule has 3 rings (SSSR count). The van der Waals surface area contributed by atoms with Gasteiger partial charge in [-0.05, 0) is 75.7 Å². The zero-order chi connectivity index (χ0) is 23.3. The van der Waals surface area contributed by atoms with E-state index in [1.165, 1.54) is 0 Å². The summed E-state index contributed by atoms with van der Waals surface area (Å²) >= 11 is 11.3. The van der Waals surface area contributed by atoms with Gasteiger partial charge in [-0.25, -0.2) is 4.39 Å². The van der Waals surface area contributed by atoms with E-state index in [9.17, 15) is 4.79 Å². The summed E-state index contributed by atoms with van der Waals surface area (Å²) in [6, 6.07) is 5.93. The third kappa shape index (κ3) is 6.38. The van der Waals surface area contributed by atoms with E-state index in [0.29, 0.717) is 17.4 Å². The minimum Gasteiger partial charge on any atom is -0.465 e. The highest BCUT2D eigenvalue weighted by atomic mass is 127. The molecule has 1 heterocycles. The molecule has 0 aliphatic heterocycles. The zero-order valence-electron chi connectivity index (χ0n) is 18.4. The number of hydrogen-bond acceptors (Lipinski definition) is 5. The highest BCUT2D eigenvalue weighted by molar-refractivity contribution is 14.1. The second-order valence-corrected chi connectivity index (χ2v) is 13.3. The lowest BCUT2D eigenvalue weighted by Gasteiger charge is -2.28. The van der Waals surface area contributed by atoms with Crippen LogP contribution < -0.4 is 0 Å². The molecule has 0 amide bonds. The number of carbonyl (C=O) groups excluding carboxylic acids is 1. The minimum absolute atomic E-state index is 0.0340. The molecule has 2 atom stereocenters. The second kappa shape index (κ2) is 12.2. The van der Waals surface area contributed by atoms with Crippen molar-refractivity contribution in [1.29, 1.82) is 0 Å². The summed E-state index contributed by atoms with van der Waals surface area (Å²) in [5.41, 5.74) is 1.44. The van der Waals surface area contributed by atoms with Gasteiger partial charge in [0, 0.05) is 25.5 Å². The number of benzene rings is 1. The predicted molar refractivity (Wildman–Crippen MR) is 150 cm³/mol. The summed E-state index contributed by atoms with van der Waals surface area (Å²) in [4.78, 5) is 13.2. The Morgan fingerprint density at radius 1 is 1.41 bits per heavy atom. The maximum atomic E-state index is 15.0. The van der Waals surface area contributed by atoms with E-state index in [4.69, 9.17) is 21.4 Å². The Labute approximate surface area is 226 Å². The summed E-state index contributed by atoms with van der Waals surface area (Å²) in [5, 5.41) is 1.31. The number of hydrogen-bond donors (Lipinski definition) is 0. The SMILES string of the molecule is CCC(CCCCOC(=O)C(C)(I)CI)Sc1cccc2oc(=S)c(F)c(C3CCC3)c12. The molecule has 176 valence electrons. The molecule has 1 aromatic carbocycles. The van der Waals surface area contributed by atoms with Crippen LogP contribution in [0.25, 0.3) is 11.0 Å². The van der Waals surface area contributed by atoms with Gasteiger partial charge in [-0.3, -0.25) is 4.79 Å². The molecule has 8 heteroatoms. The van der Waals surface area contributed by atoms with Crippen molar-refractivity contribution in [3.8, 4) is 0 Å². The lowest BCUT2D eigenvalue weighted by Crippen LogP contribution is -2.32. The fourth-order valence-electron chi connectivity index (χ4n) is 3.77. The normalized spacial score (nSPS) is 17.0. The number of unbranched alkanes of at least 4 members (excludes halogenated alkanes) is 1. The monoisotopic (exact) mass is 702 g/mol. The Morgan fingerprint density at radius 2 is 2.16 bits per heavy atom. The molecule has 2 aromatic rings. The van der Waals surface area contributed by atoms with Crippen LogP contribution in [0.5, 0.6) is 0 Å². The van der Waals surface area contributed by atoms with E-state index in [-0.39, 0.29) is 22.4 Å². The van der Waals surface area contributed by atoms with Crippen LogP contribution in [0, 0.1) is 10.5 Å². The van der Waals surface area contributed by atoms with Gasteiger partial charge in [0.2, 0.25) is 4.71 Å². The number of rotatable bonds is 11. The van der Waals surface area contributed by atoms with Crippen LogP contribution in [0.4, 0.5) is 4.39 Å². The van der Waals surface area contributed by atoms with Crippen LogP contribution in [0.1, 0.15) is 70.3 Å². The molecule has 0 N–H and O–H groups in total.